The average Bonchev–Trinajstić information content (AvgIpc) is 3.05. The third-order valence-electron chi connectivity index (χ3n) is 10.7. The maximum absolute atomic E-state index is 11.7. The molecule has 4 aliphatic rings. The van der Waals surface area contributed by atoms with Crippen molar-refractivity contribution in [3.8, 4) is 0 Å². The normalized spacial score (nSPS) is 50.2. The minimum Gasteiger partial charge on any atom is -0.469 e. The highest BCUT2D eigenvalue weighted by molar-refractivity contribution is 5.69. The summed E-state index contributed by atoms with van der Waals surface area (Å²) in [5, 5.41) is 11.2. The molecule has 166 valence electrons. The van der Waals surface area contributed by atoms with Crippen molar-refractivity contribution in [1.29, 1.82) is 0 Å². The van der Waals surface area contributed by atoms with Gasteiger partial charge in [-0.3, -0.25) is 4.79 Å². The molecule has 1 N–H and O–H groups in total. The number of carbonyl (C=O) groups is 1. The van der Waals surface area contributed by atoms with E-state index >= 15 is 0 Å². The molecular formula is C26H44O3. The predicted octanol–water partition coefficient (Wildman–Crippen LogP) is 5.84. The van der Waals surface area contributed by atoms with Gasteiger partial charge in [0.05, 0.1) is 13.2 Å². The molecule has 0 saturated heterocycles. The van der Waals surface area contributed by atoms with Crippen molar-refractivity contribution in [2.24, 2.45) is 52.3 Å². The zero-order valence-corrected chi connectivity index (χ0v) is 19.5. The summed E-state index contributed by atoms with van der Waals surface area (Å²) < 4.78 is 4.88. The standard InChI is InChI=1S/C26H44O3/c1-16-10-12-26(4)21-11-13-25(3)19(17(2)6-9-24(28)29-5)7-8-20(25)18(21)15-23(27)22(26)14-16/h16-23,27H,6-15H2,1-5H3/t16?,17-,18?,19-,20?,21?,22?,23+,25-,26-/m1/s1. The third kappa shape index (κ3) is 3.48. The smallest absolute Gasteiger partial charge is 0.305 e. The van der Waals surface area contributed by atoms with Crippen molar-refractivity contribution < 1.29 is 14.6 Å². The van der Waals surface area contributed by atoms with Crippen molar-refractivity contribution >= 4 is 5.97 Å². The zero-order valence-electron chi connectivity index (χ0n) is 19.5. The van der Waals surface area contributed by atoms with Gasteiger partial charge in [0.1, 0.15) is 0 Å². The van der Waals surface area contributed by atoms with Gasteiger partial charge < -0.3 is 9.84 Å². The summed E-state index contributed by atoms with van der Waals surface area (Å²) in [5.41, 5.74) is 0.742. The van der Waals surface area contributed by atoms with Crippen molar-refractivity contribution in [1.82, 2.24) is 0 Å². The first kappa shape index (κ1) is 21.7. The molecule has 4 fully saturated rings. The molecule has 0 aliphatic heterocycles. The lowest BCUT2D eigenvalue weighted by Crippen LogP contribution is -2.57. The molecule has 29 heavy (non-hydrogen) atoms. The lowest BCUT2D eigenvalue weighted by Gasteiger charge is -2.62. The van der Waals surface area contributed by atoms with Gasteiger partial charge in [0.15, 0.2) is 0 Å². The second-order valence-corrected chi connectivity index (χ2v) is 12.0. The zero-order chi connectivity index (χ0) is 21.0. The van der Waals surface area contributed by atoms with E-state index in [-0.39, 0.29) is 12.1 Å². The van der Waals surface area contributed by atoms with Crippen molar-refractivity contribution in [2.45, 2.75) is 98.0 Å². The fraction of sp³-hybridized carbons (Fsp3) is 0.962. The van der Waals surface area contributed by atoms with Crippen LogP contribution in [0.2, 0.25) is 0 Å². The van der Waals surface area contributed by atoms with Gasteiger partial charge in [-0.15, -0.1) is 0 Å². The number of hydrogen-bond donors (Lipinski definition) is 1. The molecule has 3 heteroatoms. The van der Waals surface area contributed by atoms with E-state index < -0.39 is 0 Å². The van der Waals surface area contributed by atoms with E-state index in [2.05, 4.69) is 27.7 Å². The molecule has 0 aromatic carbocycles. The molecule has 0 aromatic heterocycles. The van der Waals surface area contributed by atoms with Crippen LogP contribution in [0.1, 0.15) is 91.9 Å². The molecule has 10 atom stereocenters. The summed E-state index contributed by atoms with van der Waals surface area (Å²) in [4.78, 5) is 11.7. The minimum absolute atomic E-state index is 0.0684. The van der Waals surface area contributed by atoms with Gasteiger partial charge in [0.2, 0.25) is 0 Å². The Kier molecular flexibility index (Phi) is 5.86. The average molecular weight is 405 g/mol. The highest BCUT2D eigenvalue weighted by atomic mass is 16.5. The van der Waals surface area contributed by atoms with Gasteiger partial charge in [-0.1, -0.05) is 34.1 Å². The van der Waals surface area contributed by atoms with Crippen LogP contribution in [0.25, 0.3) is 0 Å². The maximum Gasteiger partial charge on any atom is 0.305 e. The molecule has 4 saturated carbocycles. The Morgan fingerprint density at radius 1 is 1.03 bits per heavy atom. The highest BCUT2D eigenvalue weighted by Crippen LogP contribution is 2.68. The Bertz CT molecular complexity index is 617. The van der Waals surface area contributed by atoms with Crippen LogP contribution in [0.15, 0.2) is 0 Å². The number of ether oxygens (including phenoxy) is 1. The van der Waals surface area contributed by atoms with Gasteiger partial charge in [0, 0.05) is 6.42 Å². The van der Waals surface area contributed by atoms with Gasteiger partial charge in [-0.05, 0) is 104 Å². The van der Waals surface area contributed by atoms with E-state index in [0.717, 1.165) is 30.6 Å². The van der Waals surface area contributed by atoms with Crippen LogP contribution in [0.3, 0.4) is 0 Å². The van der Waals surface area contributed by atoms with E-state index in [0.29, 0.717) is 40.9 Å². The Morgan fingerprint density at radius 2 is 1.72 bits per heavy atom. The van der Waals surface area contributed by atoms with Gasteiger partial charge in [-0.25, -0.2) is 0 Å². The Hall–Kier alpha value is -0.570. The largest absolute Gasteiger partial charge is 0.469 e. The summed E-state index contributed by atoms with van der Waals surface area (Å²) in [6.07, 6.45) is 11.7. The van der Waals surface area contributed by atoms with Crippen molar-refractivity contribution in [3.63, 3.8) is 0 Å². The number of esters is 1. The Balaban J connectivity index is 1.52. The fourth-order valence-electron chi connectivity index (χ4n) is 9.12. The summed E-state index contributed by atoms with van der Waals surface area (Å²) in [6, 6.07) is 0. The number of hydrogen-bond acceptors (Lipinski definition) is 3. The molecule has 0 bridgehead atoms. The molecule has 0 radical (unpaired) electrons. The topological polar surface area (TPSA) is 46.5 Å². The summed E-state index contributed by atoms with van der Waals surface area (Å²) in [6.45, 7) is 9.85. The van der Waals surface area contributed by atoms with Crippen LogP contribution in [0.5, 0.6) is 0 Å². The van der Waals surface area contributed by atoms with Gasteiger partial charge in [-0.2, -0.15) is 0 Å². The predicted molar refractivity (Wildman–Crippen MR) is 116 cm³/mol. The first-order chi connectivity index (χ1) is 13.7. The summed E-state index contributed by atoms with van der Waals surface area (Å²) >= 11 is 0. The highest BCUT2D eigenvalue weighted by Gasteiger charge is 2.62. The SMILES string of the molecule is COC(=O)CC[C@@H](C)[C@H]1CCC2C3C[C@H](O)C4CC(C)CC[C@]4(C)C3CC[C@@]21C. The van der Waals surface area contributed by atoms with Crippen LogP contribution in [0, 0.1) is 52.3 Å². The van der Waals surface area contributed by atoms with E-state index in [1.807, 2.05) is 0 Å². The number of rotatable bonds is 4. The van der Waals surface area contributed by atoms with Gasteiger partial charge >= 0.3 is 5.97 Å². The molecule has 4 rings (SSSR count). The van der Waals surface area contributed by atoms with Crippen molar-refractivity contribution in [2.75, 3.05) is 7.11 Å². The summed E-state index contributed by atoms with van der Waals surface area (Å²) in [7, 11) is 1.50. The second kappa shape index (κ2) is 7.84. The van der Waals surface area contributed by atoms with Crippen LogP contribution < -0.4 is 0 Å². The van der Waals surface area contributed by atoms with Crippen LogP contribution >= 0.6 is 0 Å². The minimum atomic E-state index is -0.0952. The fourth-order valence-corrected chi connectivity index (χ4v) is 9.12. The molecule has 3 nitrogen and oxygen atoms in total. The number of carbonyl (C=O) groups excluding carboxylic acids is 1. The number of aliphatic hydroxyl groups excluding tert-OH is 1. The van der Waals surface area contributed by atoms with Gasteiger partial charge in [0.25, 0.3) is 0 Å². The Labute approximate surface area is 178 Å². The molecule has 0 spiro atoms. The van der Waals surface area contributed by atoms with Crippen LogP contribution in [-0.4, -0.2) is 24.3 Å². The number of aliphatic hydroxyl groups is 1. The van der Waals surface area contributed by atoms with E-state index in [1.54, 1.807) is 0 Å². The van der Waals surface area contributed by atoms with E-state index in [4.69, 9.17) is 4.74 Å². The lowest BCUT2D eigenvalue weighted by atomic mass is 9.43. The summed E-state index contributed by atoms with van der Waals surface area (Å²) in [5.74, 6) is 4.80. The first-order valence-corrected chi connectivity index (χ1v) is 12.5. The van der Waals surface area contributed by atoms with Crippen LogP contribution in [0.4, 0.5) is 0 Å². The molecular weight excluding hydrogens is 360 g/mol. The van der Waals surface area contributed by atoms with Crippen molar-refractivity contribution in [3.05, 3.63) is 0 Å². The van der Waals surface area contributed by atoms with E-state index in [1.165, 1.54) is 52.1 Å². The van der Waals surface area contributed by atoms with Crippen LogP contribution in [-0.2, 0) is 9.53 Å². The second-order valence-electron chi connectivity index (χ2n) is 12.0. The molecule has 0 amide bonds. The lowest BCUT2D eigenvalue weighted by molar-refractivity contribution is -0.165. The number of methoxy groups -OCH3 is 1. The molecule has 0 heterocycles. The molecule has 0 aromatic rings. The molecule has 5 unspecified atom stereocenters. The van der Waals surface area contributed by atoms with E-state index in [9.17, 15) is 9.90 Å². The Morgan fingerprint density at radius 3 is 2.45 bits per heavy atom. The maximum atomic E-state index is 11.7. The quantitative estimate of drug-likeness (QED) is 0.599. The monoisotopic (exact) mass is 404 g/mol. The first-order valence-electron chi connectivity index (χ1n) is 12.5. The molecule has 4 aliphatic carbocycles. The third-order valence-corrected chi connectivity index (χ3v) is 10.7. The number of fused-ring (bicyclic) bond motifs is 5.